The summed E-state index contributed by atoms with van der Waals surface area (Å²) in [4.78, 5) is 11.0. The van der Waals surface area contributed by atoms with E-state index in [1.807, 2.05) is 12.3 Å². The quantitative estimate of drug-likeness (QED) is 0.766. The minimum absolute atomic E-state index is 0.0950. The zero-order valence-corrected chi connectivity index (χ0v) is 10.1. The first-order valence-electron chi connectivity index (χ1n) is 5.79. The third kappa shape index (κ3) is 3.70. The molecule has 1 aromatic heterocycles. The van der Waals surface area contributed by atoms with Crippen molar-refractivity contribution in [1.29, 1.82) is 0 Å². The number of rotatable bonds is 6. The Labute approximate surface area is 96.8 Å². The molecule has 0 fully saturated rings. The molecule has 0 aliphatic heterocycles. The smallest absolute Gasteiger partial charge is 0.219 e. The highest BCUT2D eigenvalue weighted by molar-refractivity contribution is 5.75. The van der Waals surface area contributed by atoms with Gasteiger partial charge in [-0.3, -0.25) is 4.79 Å². The van der Waals surface area contributed by atoms with Crippen molar-refractivity contribution in [3.05, 3.63) is 24.0 Å². The fourth-order valence-electron chi connectivity index (χ4n) is 1.60. The first-order valence-corrected chi connectivity index (χ1v) is 5.79. The van der Waals surface area contributed by atoms with Crippen LogP contribution in [0.1, 0.15) is 37.8 Å². The van der Waals surface area contributed by atoms with E-state index in [0.717, 1.165) is 19.4 Å². The zero-order chi connectivity index (χ0) is 12.0. The van der Waals surface area contributed by atoms with Gasteiger partial charge in [0.05, 0.1) is 0 Å². The lowest BCUT2D eigenvalue weighted by atomic mass is 10.1. The number of aryl methyl sites for hydroxylation is 1. The third-order valence-electron chi connectivity index (χ3n) is 2.74. The van der Waals surface area contributed by atoms with Crippen LogP contribution in [-0.2, 0) is 11.3 Å². The van der Waals surface area contributed by atoms with Crippen LogP contribution in [0, 0.1) is 0 Å². The molecule has 0 bridgehead atoms. The van der Waals surface area contributed by atoms with Crippen molar-refractivity contribution in [1.82, 2.24) is 9.88 Å². The Balaban J connectivity index is 2.37. The number of aromatic nitrogens is 1. The van der Waals surface area contributed by atoms with Crippen molar-refractivity contribution in [3.63, 3.8) is 0 Å². The van der Waals surface area contributed by atoms with Crippen molar-refractivity contribution in [2.24, 2.45) is 5.73 Å². The molecule has 0 spiro atoms. The first kappa shape index (κ1) is 12.8. The molecule has 0 radical (unpaired) electrons. The second-order valence-corrected chi connectivity index (χ2v) is 3.97. The highest BCUT2D eigenvalue weighted by Crippen LogP contribution is 2.14. The van der Waals surface area contributed by atoms with Crippen LogP contribution in [0.2, 0.25) is 0 Å². The van der Waals surface area contributed by atoms with Gasteiger partial charge < -0.3 is 15.6 Å². The first-order chi connectivity index (χ1) is 7.67. The molecule has 0 saturated heterocycles. The Bertz CT molecular complexity index is 333. The molecule has 0 aliphatic rings. The summed E-state index contributed by atoms with van der Waals surface area (Å²) >= 11 is 0. The molecule has 1 atom stereocenters. The van der Waals surface area contributed by atoms with E-state index in [-0.39, 0.29) is 11.9 Å². The summed E-state index contributed by atoms with van der Waals surface area (Å²) in [5, 5.41) is 2.62. The van der Waals surface area contributed by atoms with Gasteiger partial charge >= 0.3 is 0 Å². The molecule has 90 valence electrons. The normalized spacial score (nSPS) is 12.4. The summed E-state index contributed by atoms with van der Waals surface area (Å²) < 4.78 is 2.09. The van der Waals surface area contributed by atoms with E-state index in [1.165, 1.54) is 5.56 Å². The fraction of sp³-hybridized carbons (Fsp3) is 0.583. The summed E-state index contributed by atoms with van der Waals surface area (Å²) in [6.45, 7) is 2.94. The van der Waals surface area contributed by atoms with Gasteiger partial charge in [-0.15, -0.1) is 0 Å². The Kier molecular flexibility index (Phi) is 5.05. The maximum atomic E-state index is 11.0. The topological polar surface area (TPSA) is 60.0 Å². The van der Waals surface area contributed by atoms with Crippen molar-refractivity contribution in [2.45, 2.75) is 38.8 Å². The monoisotopic (exact) mass is 223 g/mol. The van der Waals surface area contributed by atoms with Gasteiger partial charge in [-0.1, -0.05) is 6.92 Å². The molecular weight excluding hydrogens is 202 g/mol. The standard InChI is InChI=1S/C12H21N3O/c1-3-11(13)10-6-8-15(9-10)7-4-5-12(16)14-2/h6,8-9,11H,3-5,7,13H2,1-2H3,(H,14,16). The van der Waals surface area contributed by atoms with Gasteiger partial charge in [-0.25, -0.2) is 0 Å². The Morgan fingerprint density at radius 1 is 1.62 bits per heavy atom. The molecule has 1 amide bonds. The number of nitrogens with two attached hydrogens (primary N) is 1. The van der Waals surface area contributed by atoms with Gasteiger partial charge in [0.15, 0.2) is 0 Å². The molecule has 1 rings (SSSR count). The predicted octanol–water partition coefficient (Wildman–Crippen LogP) is 1.42. The zero-order valence-electron chi connectivity index (χ0n) is 10.1. The Morgan fingerprint density at radius 3 is 3.00 bits per heavy atom. The highest BCUT2D eigenvalue weighted by Gasteiger charge is 2.05. The second-order valence-electron chi connectivity index (χ2n) is 3.97. The van der Waals surface area contributed by atoms with Crippen LogP contribution in [0.25, 0.3) is 0 Å². The molecule has 16 heavy (non-hydrogen) atoms. The fourth-order valence-corrected chi connectivity index (χ4v) is 1.60. The molecule has 0 aromatic carbocycles. The minimum Gasteiger partial charge on any atom is -0.359 e. The van der Waals surface area contributed by atoms with Crippen LogP contribution in [0.3, 0.4) is 0 Å². The molecule has 3 N–H and O–H groups in total. The summed E-state index contributed by atoms with van der Waals surface area (Å²) in [5.74, 6) is 0.0950. The van der Waals surface area contributed by atoms with Crippen LogP contribution >= 0.6 is 0 Å². The third-order valence-corrected chi connectivity index (χ3v) is 2.74. The number of hydrogen-bond acceptors (Lipinski definition) is 2. The molecule has 4 heteroatoms. The largest absolute Gasteiger partial charge is 0.359 e. The van der Waals surface area contributed by atoms with Crippen molar-refractivity contribution < 1.29 is 4.79 Å². The maximum Gasteiger partial charge on any atom is 0.219 e. The average Bonchev–Trinajstić information content (AvgIpc) is 2.76. The van der Waals surface area contributed by atoms with Crippen LogP contribution in [0.4, 0.5) is 0 Å². The van der Waals surface area contributed by atoms with E-state index in [0.29, 0.717) is 6.42 Å². The van der Waals surface area contributed by atoms with E-state index in [1.54, 1.807) is 7.05 Å². The molecule has 1 unspecified atom stereocenters. The van der Waals surface area contributed by atoms with E-state index in [4.69, 9.17) is 5.73 Å². The van der Waals surface area contributed by atoms with Crippen LogP contribution < -0.4 is 11.1 Å². The van der Waals surface area contributed by atoms with Crippen LogP contribution in [-0.4, -0.2) is 17.5 Å². The number of carbonyl (C=O) groups excluding carboxylic acids is 1. The molecule has 1 heterocycles. The Hall–Kier alpha value is -1.29. The molecular formula is C12H21N3O. The minimum atomic E-state index is 0.0950. The van der Waals surface area contributed by atoms with Gasteiger partial charge in [0.1, 0.15) is 0 Å². The van der Waals surface area contributed by atoms with Crippen LogP contribution in [0.5, 0.6) is 0 Å². The van der Waals surface area contributed by atoms with Gasteiger partial charge in [0.2, 0.25) is 5.91 Å². The number of hydrogen-bond donors (Lipinski definition) is 2. The molecule has 4 nitrogen and oxygen atoms in total. The number of nitrogens with zero attached hydrogens (tertiary/aromatic N) is 1. The average molecular weight is 223 g/mol. The van der Waals surface area contributed by atoms with Crippen molar-refractivity contribution in [2.75, 3.05) is 7.05 Å². The number of carbonyl (C=O) groups is 1. The molecule has 1 aromatic rings. The van der Waals surface area contributed by atoms with E-state index in [9.17, 15) is 4.79 Å². The lowest BCUT2D eigenvalue weighted by Gasteiger charge is -2.05. The summed E-state index contributed by atoms with van der Waals surface area (Å²) in [6, 6.07) is 2.17. The predicted molar refractivity (Wildman–Crippen MR) is 65.0 cm³/mol. The SMILES string of the molecule is CCC(N)c1ccn(CCCC(=O)NC)c1. The van der Waals surface area contributed by atoms with E-state index in [2.05, 4.69) is 23.0 Å². The van der Waals surface area contributed by atoms with E-state index >= 15 is 0 Å². The Morgan fingerprint density at radius 2 is 2.38 bits per heavy atom. The van der Waals surface area contributed by atoms with Gasteiger partial charge in [0, 0.05) is 38.4 Å². The lowest BCUT2D eigenvalue weighted by Crippen LogP contribution is -2.17. The number of amides is 1. The second kappa shape index (κ2) is 6.33. The van der Waals surface area contributed by atoms with Gasteiger partial charge in [-0.05, 0) is 24.5 Å². The van der Waals surface area contributed by atoms with Gasteiger partial charge in [-0.2, -0.15) is 0 Å². The van der Waals surface area contributed by atoms with Crippen LogP contribution in [0.15, 0.2) is 18.5 Å². The van der Waals surface area contributed by atoms with Gasteiger partial charge in [0.25, 0.3) is 0 Å². The highest BCUT2D eigenvalue weighted by atomic mass is 16.1. The number of nitrogens with one attached hydrogen (secondary N) is 1. The lowest BCUT2D eigenvalue weighted by molar-refractivity contribution is -0.120. The van der Waals surface area contributed by atoms with E-state index < -0.39 is 0 Å². The summed E-state index contributed by atoms with van der Waals surface area (Å²) in [7, 11) is 1.66. The van der Waals surface area contributed by atoms with Crippen molar-refractivity contribution >= 4 is 5.91 Å². The van der Waals surface area contributed by atoms with Crippen molar-refractivity contribution in [3.8, 4) is 0 Å². The molecule has 0 aliphatic carbocycles. The maximum absolute atomic E-state index is 11.0. The summed E-state index contributed by atoms with van der Waals surface area (Å²) in [5.41, 5.74) is 7.10. The molecule has 0 saturated carbocycles. The summed E-state index contributed by atoms with van der Waals surface area (Å²) in [6.07, 6.45) is 6.47.